The number of aromatic hydroxyl groups is 5. The van der Waals surface area contributed by atoms with Crippen molar-refractivity contribution in [2.75, 3.05) is 0 Å². The Hall–Kier alpha value is -15.2. The molecule has 5 aliphatic rings. The lowest BCUT2D eigenvalue weighted by Gasteiger charge is -2.26. The molecule has 12 aromatic carbocycles. The molecule has 0 aliphatic heterocycles. The first-order valence-electron chi connectivity index (χ1n) is 48.5. The fraction of sp³-hybridized carbons (Fsp3) is 0.157. The Balaban J connectivity index is 0.0000000917. The number of H-pyrrole nitrogens is 6. The molecule has 692 valence electrons. The van der Waals surface area contributed by atoms with Crippen LogP contribution in [-0.4, -0.2) is 85.3 Å². The highest BCUT2D eigenvalue weighted by atomic mass is 79.9. The Morgan fingerprint density at radius 1 is 0.255 bits per heavy atom. The minimum absolute atomic E-state index is 0.230. The van der Waals surface area contributed by atoms with Crippen molar-refractivity contribution in [3.8, 4) is 96.3 Å². The molecule has 1 unspecified atom stereocenters. The van der Waals surface area contributed by atoms with Crippen molar-refractivity contribution >= 4 is 179 Å². The highest BCUT2D eigenvalue weighted by Crippen LogP contribution is 2.48. The average Bonchev–Trinajstić information content (AvgIpc) is 1.74. The van der Waals surface area contributed by atoms with Crippen molar-refractivity contribution in [1.29, 1.82) is 0 Å². The number of aromatic amines is 6. The monoisotopic (exact) mass is 2030 g/mol. The van der Waals surface area contributed by atoms with E-state index in [0.717, 1.165) is 169 Å². The van der Waals surface area contributed by atoms with Crippen molar-refractivity contribution < 1.29 is 25.5 Å². The molecule has 0 saturated carbocycles. The molecule has 0 amide bonds. The summed E-state index contributed by atoms with van der Waals surface area (Å²) in [6, 6.07) is 82.3. The summed E-state index contributed by atoms with van der Waals surface area (Å²) >= 11 is 10.5. The number of nitrogens with one attached hydrogen (secondary N) is 6. The van der Waals surface area contributed by atoms with E-state index < -0.39 is 0 Å². The van der Waals surface area contributed by atoms with Crippen molar-refractivity contribution in [3.05, 3.63) is 361 Å². The van der Waals surface area contributed by atoms with Crippen LogP contribution in [0.25, 0.3) is 198 Å². The summed E-state index contributed by atoms with van der Waals surface area (Å²) in [6.45, 7) is 4.45. The molecule has 5 aliphatic carbocycles. The molecular formula is C121H97Br3N12O5. The lowest BCUT2D eigenvalue weighted by molar-refractivity contribution is 0.468. The Labute approximate surface area is 836 Å². The van der Waals surface area contributed by atoms with Crippen LogP contribution < -0.4 is 0 Å². The van der Waals surface area contributed by atoms with Crippen LogP contribution in [0.1, 0.15) is 107 Å². The molecule has 1 atom stereocenters. The Morgan fingerprint density at radius 3 is 0.872 bits per heavy atom. The van der Waals surface area contributed by atoms with Crippen LogP contribution >= 0.6 is 47.8 Å². The Kier molecular flexibility index (Phi) is 23.1. The second kappa shape index (κ2) is 36.8. The maximum atomic E-state index is 10.1. The van der Waals surface area contributed by atoms with Gasteiger partial charge >= 0.3 is 0 Å². The Bertz CT molecular complexity index is 9050. The second-order valence-corrected chi connectivity index (χ2v) is 40.6. The number of phenols is 5. The van der Waals surface area contributed by atoms with Crippen LogP contribution in [0.15, 0.2) is 299 Å². The molecule has 0 saturated heterocycles. The van der Waals surface area contributed by atoms with Gasteiger partial charge in [0.05, 0.1) is 42.0 Å². The maximum absolute atomic E-state index is 10.1. The number of hydrogen-bond donors (Lipinski definition) is 11. The summed E-state index contributed by atoms with van der Waals surface area (Å²) in [5.41, 5.74) is 42.7. The number of aromatic nitrogens is 12. The zero-order valence-electron chi connectivity index (χ0n) is 77.6. The molecule has 12 heterocycles. The van der Waals surface area contributed by atoms with E-state index in [1.165, 1.54) is 198 Å². The third-order valence-corrected chi connectivity index (χ3v) is 31.2. The van der Waals surface area contributed by atoms with E-state index in [4.69, 9.17) is 0 Å². The van der Waals surface area contributed by atoms with Crippen molar-refractivity contribution in [1.82, 2.24) is 59.8 Å². The predicted octanol–water partition coefficient (Wildman–Crippen LogP) is 30.9. The summed E-state index contributed by atoms with van der Waals surface area (Å²) in [7, 11) is 0. The number of phenolic OH excluding ortho intramolecular Hbond substituents is 5. The first-order valence-corrected chi connectivity index (χ1v) is 50.9. The zero-order chi connectivity index (χ0) is 95.4. The molecule has 29 rings (SSSR count). The summed E-state index contributed by atoms with van der Waals surface area (Å²) in [6.07, 6.45) is 29.8. The van der Waals surface area contributed by atoms with Crippen molar-refractivity contribution in [3.63, 3.8) is 0 Å². The number of pyridine rings is 6. The minimum Gasteiger partial charge on any atom is -0.508 e. The van der Waals surface area contributed by atoms with E-state index in [9.17, 15) is 25.5 Å². The van der Waals surface area contributed by atoms with Crippen LogP contribution in [0.2, 0.25) is 0 Å². The lowest BCUT2D eigenvalue weighted by atomic mass is 9.81. The number of benzene rings is 12. The van der Waals surface area contributed by atoms with Gasteiger partial charge in [-0.25, -0.2) is 0 Å². The van der Waals surface area contributed by atoms with E-state index in [0.29, 0.717) is 32.1 Å². The summed E-state index contributed by atoms with van der Waals surface area (Å²) < 4.78 is 2.50. The zero-order valence-corrected chi connectivity index (χ0v) is 82.3. The fourth-order valence-corrected chi connectivity index (χ4v) is 24.2. The van der Waals surface area contributed by atoms with Gasteiger partial charge < -0.3 is 55.4 Å². The van der Waals surface area contributed by atoms with Crippen LogP contribution in [0.4, 0.5) is 0 Å². The lowest BCUT2D eigenvalue weighted by Crippen LogP contribution is -2.14. The van der Waals surface area contributed by atoms with Gasteiger partial charge in [-0.2, -0.15) is 0 Å². The number of rotatable bonds is 6. The average molecular weight is 2040 g/mol. The van der Waals surface area contributed by atoms with Gasteiger partial charge in [-0.05, 0) is 473 Å². The first kappa shape index (κ1) is 88.5. The van der Waals surface area contributed by atoms with Gasteiger partial charge in [0, 0.05) is 179 Å². The molecule has 0 fully saturated rings. The normalized spacial score (nSPS) is 14.0. The predicted molar refractivity (Wildman–Crippen MR) is 584 cm³/mol. The first-order chi connectivity index (χ1) is 69.0. The number of aryl methyl sites for hydroxylation is 6. The highest BCUT2D eigenvalue weighted by Gasteiger charge is 2.30. The topological polar surface area (TPSA) is 273 Å². The third kappa shape index (κ3) is 16.4. The minimum atomic E-state index is 0.230. The van der Waals surface area contributed by atoms with Gasteiger partial charge in [0.25, 0.3) is 0 Å². The molecule has 17 nitrogen and oxygen atoms in total. The summed E-state index contributed by atoms with van der Waals surface area (Å²) in [5, 5.41) is 63.5. The summed E-state index contributed by atoms with van der Waals surface area (Å²) in [4.78, 5) is 48.5. The number of halogens is 3. The van der Waals surface area contributed by atoms with E-state index >= 15 is 0 Å². The Morgan fingerprint density at radius 2 is 0.525 bits per heavy atom. The van der Waals surface area contributed by atoms with E-state index in [1.54, 1.807) is 48.5 Å². The quantitative estimate of drug-likeness (QED) is 0.0745. The number of nitrogens with zero attached hydrogens (tertiary/aromatic N) is 6. The fourth-order valence-electron chi connectivity index (χ4n) is 22.7. The molecule has 0 bridgehead atoms. The van der Waals surface area contributed by atoms with Crippen LogP contribution in [0.3, 0.4) is 0 Å². The van der Waals surface area contributed by atoms with E-state index in [1.807, 2.05) is 104 Å². The molecule has 12 aromatic heterocycles. The van der Waals surface area contributed by atoms with Crippen molar-refractivity contribution in [2.24, 2.45) is 5.92 Å². The number of fused-ring (bicyclic) bond motifs is 28. The van der Waals surface area contributed by atoms with Crippen molar-refractivity contribution in [2.45, 2.75) is 117 Å². The second-order valence-electron chi connectivity index (χ2n) is 37.9. The maximum Gasteiger partial charge on any atom is 0.143 e. The largest absolute Gasteiger partial charge is 0.508 e. The number of hydrogen-bond acceptors (Lipinski definition) is 11. The van der Waals surface area contributed by atoms with Crippen LogP contribution in [0, 0.1) is 12.8 Å². The SMILES string of the molecule is Brc1ccc(-c2[nH]c3ccc4nccc4c3c3c2CCCC3)cc1.CC1CCc2c(c(-c3ccc(O)cc3)[nH]c3ccc4nccc4c23)C1.Cc1cc(-c2ccc(O)cc2)[nH]c2ccc3nccc3c12.Oc1c(Br)cc(-c2[nH]c3ccc4nccc4c3c3c2CCCC3)cc1Br.Oc1ccc(-c2[nH]c3ccc4nccc4c3c3c2CC3)cc1.Oc1ccc(-c2[nH]c3ccc4nccc4c3c3c2CCC3)cc1. The molecule has 141 heavy (non-hydrogen) atoms. The van der Waals surface area contributed by atoms with Gasteiger partial charge in [-0.15, -0.1) is 0 Å². The molecule has 0 spiro atoms. The van der Waals surface area contributed by atoms with E-state index in [2.05, 4.69) is 255 Å². The van der Waals surface area contributed by atoms with Gasteiger partial charge in [0.15, 0.2) is 0 Å². The molecule has 0 radical (unpaired) electrons. The molecular weight excluding hydrogens is 1940 g/mol. The molecule has 24 aromatic rings. The smallest absolute Gasteiger partial charge is 0.143 e. The van der Waals surface area contributed by atoms with E-state index in [-0.39, 0.29) is 11.5 Å². The van der Waals surface area contributed by atoms with Crippen LogP contribution in [-0.2, 0) is 64.2 Å². The van der Waals surface area contributed by atoms with Gasteiger partial charge in [-0.3, -0.25) is 29.9 Å². The van der Waals surface area contributed by atoms with Gasteiger partial charge in [0.2, 0.25) is 0 Å². The highest BCUT2D eigenvalue weighted by molar-refractivity contribution is 9.11. The summed E-state index contributed by atoms with van der Waals surface area (Å²) in [5.74, 6) is 2.10. The standard InChI is InChI=1S/C22H20N2O.C21H16Br2N2O.C21H17BrN2.C20H16N2O.C19H14N2O.C18H14N2O/c1-13-2-7-16-18(12-13)22(14-3-5-15(25)6-4-14)24-20-9-8-19-17(21(16)20)10-11-23-19;22-15-9-11(10-16(23)21(15)26)20-13-4-2-1-3-12(13)19-14-7-8-24-17(14)5-6-18(19)25-20;22-14-7-5-13(6-8-14)21-16-4-2-1-3-15(16)20-17-11-12-23-18(17)9-10-19(20)24-21;23-13-6-4-12(5-7-13)20-15-3-1-2-14(15)19-16-10-11-21-17(16)8-9-18(19)22-20;22-12-3-1-11(2-4-12)19-14-6-5-13(14)18-15-9-10-20-16(15)7-8-17(18)21-19;1-11-10-17(12-2-4-13(21)5-3-12)20-16-7-6-15-14(18(11)16)8-9-19-15/h3-6,8-11,13,24-25H,2,7,12H2,1H3;5-10,25-26H,1-4H2;5-12,24H,1-4H2;4-11,22-23H,1-3H2;1-4,7-10,21-22H,5-6H2;2-10,20-21H,1H3. The van der Waals surface area contributed by atoms with Gasteiger partial charge in [-0.1, -0.05) is 35.0 Å². The third-order valence-electron chi connectivity index (χ3n) is 29.4. The molecule has 11 N–H and O–H groups in total. The van der Waals surface area contributed by atoms with Crippen LogP contribution in [0.5, 0.6) is 28.7 Å². The van der Waals surface area contributed by atoms with Gasteiger partial charge in [0.1, 0.15) is 28.7 Å². The molecule has 20 heteroatoms.